The molecule has 0 radical (unpaired) electrons. The van der Waals surface area contributed by atoms with Crippen LogP contribution >= 0.6 is 0 Å². The summed E-state index contributed by atoms with van der Waals surface area (Å²) in [7, 11) is 0. The molecule has 4 aromatic carbocycles. The molecule has 1 aromatic heterocycles. The van der Waals surface area contributed by atoms with Crippen LogP contribution in [-0.2, 0) is 5.41 Å². The van der Waals surface area contributed by atoms with E-state index in [4.69, 9.17) is 0 Å². The molecule has 0 saturated heterocycles. The van der Waals surface area contributed by atoms with E-state index in [1.165, 1.54) is 82.7 Å². The fourth-order valence-electron chi connectivity index (χ4n) is 7.81. The van der Waals surface area contributed by atoms with Gasteiger partial charge in [0.15, 0.2) is 0 Å². The van der Waals surface area contributed by atoms with Crippen LogP contribution in [-0.4, -0.2) is 4.57 Å². The molecular weight excluding hydrogens is 446 g/mol. The van der Waals surface area contributed by atoms with Crippen molar-refractivity contribution in [2.24, 2.45) is 5.92 Å². The first kappa shape index (κ1) is 21.3. The number of hydrogen-bond donors (Lipinski definition) is 0. The Morgan fingerprint density at radius 1 is 0.676 bits per heavy atom. The molecule has 1 nitrogen and oxygen atoms in total. The quantitative estimate of drug-likeness (QED) is 0.238. The fraction of sp³-hybridized carbons (Fsp3) is 0.222. The van der Waals surface area contributed by atoms with Crippen LogP contribution in [0.15, 0.2) is 109 Å². The van der Waals surface area contributed by atoms with E-state index in [1.807, 2.05) is 0 Å². The molecule has 1 fully saturated rings. The minimum Gasteiger partial charge on any atom is -0.309 e. The Hall–Kier alpha value is -3.84. The lowest BCUT2D eigenvalue weighted by atomic mass is 9.63. The largest absolute Gasteiger partial charge is 0.309 e. The summed E-state index contributed by atoms with van der Waals surface area (Å²) < 4.78 is 2.40. The second kappa shape index (κ2) is 8.08. The van der Waals surface area contributed by atoms with Crippen LogP contribution in [0.3, 0.4) is 0 Å². The van der Waals surface area contributed by atoms with Crippen LogP contribution in [0.2, 0.25) is 0 Å². The van der Waals surface area contributed by atoms with Gasteiger partial charge in [-0.15, -0.1) is 0 Å². The Morgan fingerprint density at radius 2 is 1.35 bits per heavy atom. The number of benzene rings is 4. The molecule has 3 aliphatic carbocycles. The van der Waals surface area contributed by atoms with E-state index < -0.39 is 0 Å². The molecule has 0 bridgehead atoms. The van der Waals surface area contributed by atoms with Crippen LogP contribution in [0.25, 0.3) is 44.2 Å². The summed E-state index contributed by atoms with van der Waals surface area (Å²) in [5.74, 6) is 0.667. The zero-order valence-electron chi connectivity index (χ0n) is 21.2. The predicted molar refractivity (Wildman–Crippen MR) is 156 cm³/mol. The Kier molecular flexibility index (Phi) is 4.64. The molecule has 180 valence electrons. The third-order valence-electron chi connectivity index (χ3n) is 9.48. The molecule has 1 atom stereocenters. The van der Waals surface area contributed by atoms with Crippen molar-refractivity contribution >= 4 is 27.4 Å². The minimum atomic E-state index is 0.336. The van der Waals surface area contributed by atoms with E-state index >= 15 is 0 Å². The van der Waals surface area contributed by atoms with Crippen LogP contribution in [0.5, 0.6) is 0 Å². The molecule has 0 aliphatic heterocycles. The van der Waals surface area contributed by atoms with Gasteiger partial charge < -0.3 is 4.57 Å². The number of nitrogens with zero attached hydrogens (tertiary/aromatic N) is 1. The average Bonchev–Trinajstić information content (AvgIpc) is 3.44. The molecule has 5 aromatic rings. The lowest BCUT2D eigenvalue weighted by Crippen LogP contribution is -2.34. The number of aromatic nitrogens is 1. The van der Waals surface area contributed by atoms with Gasteiger partial charge >= 0.3 is 0 Å². The van der Waals surface area contributed by atoms with Crippen molar-refractivity contribution < 1.29 is 0 Å². The van der Waals surface area contributed by atoms with Gasteiger partial charge in [0.2, 0.25) is 0 Å². The van der Waals surface area contributed by atoms with E-state index in [0.29, 0.717) is 11.3 Å². The highest BCUT2D eigenvalue weighted by Crippen LogP contribution is 2.59. The molecule has 8 rings (SSSR count). The molecule has 0 N–H and O–H groups in total. The first-order valence-corrected chi connectivity index (χ1v) is 13.9. The van der Waals surface area contributed by atoms with Crippen molar-refractivity contribution in [1.82, 2.24) is 4.57 Å². The molecule has 1 heteroatoms. The lowest BCUT2D eigenvalue weighted by Gasteiger charge is -2.40. The zero-order valence-corrected chi connectivity index (χ0v) is 21.2. The SMILES string of the molecule is C1=CC[C@H]2C(=C1)c1ccc(-c3ccc(-n4c5ccccc5c5ccccc54)cc3)cc1C21CCCCC1. The van der Waals surface area contributed by atoms with E-state index in [0.717, 1.165) is 0 Å². The standard InChI is InChI=1S/C36H31N/c1-8-22-36(23-9-1)32-13-5-2-10-28(32)29-21-18-26(24-33(29)36)25-16-19-27(20-17-25)37-34-14-6-3-11-30(34)31-12-4-7-15-35(31)37/h2-7,10-12,14-21,24,32H,1,8-9,13,22-23H2/t32-/m0/s1. The first-order valence-electron chi connectivity index (χ1n) is 13.9. The number of rotatable bonds is 2. The Bertz CT molecular complexity index is 1670. The first-order chi connectivity index (χ1) is 18.3. The van der Waals surface area contributed by atoms with Gasteiger partial charge in [-0.25, -0.2) is 0 Å². The van der Waals surface area contributed by atoms with Crippen LogP contribution in [0.1, 0.15) is 49.7 Å². The highest BCUT2D eigenvalue weighted by Gasteiger charge is 2.49. The topological polar surface area (TPSA) is 4.93 Å². The molecule has 37 heavy (non-hydrogen) atoms. The van der Waals surface area contributed by atoms with Gasteiger partial charge in [0.05, 0.1) is 11.0 Å². The van der Waals surface area contributed by atoms with E-state index in [-0.39, 0.29) is 0 Å². The Labute approximate surface area is 218 Å². The van der Waals surface area contributed by atoms with Crippen LogP contribution in [0, 0.1) is 5.92 Å². The molecular formula is C36H31N. The smallest absolute Gasteiger partial charge is 0.0541 e. The lowest BCUT2D eigenvalue weighted by molar-refractivity contribution is 0.241. The van der Waals surface area contributed by atoms with E-state index in [1.54, 1.807) is 11.1 Å². The minimum absolute atomic E-state index is 0.336. The highest BCUT2D eigenvalue weighted by atomic mass is 15.0. The number of allylic oxidation sites excluding steroid dienone is 4. The van der Waals surface area contributed by atoms with Crippen molar-refractivity contribution in [3.63, 3.8) is 0 Å². The van der Waals surface area contributed by atoms with Crippen molar-refractivity contribution in [2.45, 2.75) is 43.9 Å². The maximum Gasteiger partial charge on any atom is 0.0541 e. The molecule has 0 amide bonds. The van der Waals surface area contributed by atoms with Gasteiger partial charge in [-0.3, -0.25) is 0 Å². The summed E-state index contributed by atoms with van der Waals surface area (Å²) in [5.41, 5.74) is 11.5. The summed E-state index contributed by atoms with van der Waals surface area (Å²) in [5, 5.41) is 2.62. The normalized spacial score (nSPS) is 19.8. The Morgan fingerprint density at radius 3 is 2.08 bits per heavy atom. The maximum atomic E-state index is 2.55. The number of fused-ring (bicyclic) bond motifs is 8. The average molecular weight is 478 g/mol. The highest BCUT2D eigenvalue weighted by molar-refractivity contribution is 6.09. The summed E-state index contributed by atoms with van der Waals surface area (Å²) in [4.78, 5) is 0. The van der Waals surface area contributed by atoms with Crippen LogP contribution in [0.4, 0.5) is 0 Å². The van der Waals surface area contributed by atoms with Crippen molar-refractivity contribution in [3.05, 3.63) is 120 Å². The van der Waals surface area contributed by atoms with Gasteiger partial charge in [-0.1, -0.05) is 98.2 Å². The van der Waals surface area contributed by atoms with Crippen molar-refractivity contribution in [3.8, 4) is 16.8 Å². The third kappa shape index (κ3) is 3.04. The van der Waals surface area contributed by atoms with Gasteiger partial charge in [0, 0.05) is 21.9 Å². The molecule has 3 aliphatic rings. The third-order valence-corrected chi connectivity index (χ3v) is 9.48. The summed E-state index contributed by atoms with van der Waals surface area (Å²) in [6.45, 7) is 0. The summed E-state index contributed by atoms with van der Waals surface area (Å²) in [6.07, 6.45) is 15.1. The van der Waals surface area contributed by atoms with Gasteiger partial charge in [0.1, 0.15) is 0 Å². The monoisotopic (exact) mass is 477 g/mol. The van der Waals surface area contributed by atoms with Gasteiger partial charge in [-0.2, -0.15) is 0 Å². The van der Waals surface area contributed by atoms with Gasteiger partial charge in [0.25, 0.3) is 0 Å². The zero-order chi connectivity index (χ0) is 24.4. The predicted octanol–water partition coefficient (Wildman–Crippen LogP) is 9.63. The van der Waals surface area contributed by atoms with Gasteiger partial charge in [-0.05, 0) is 83.3 Å². The molecule has 1 saturated carbocycles. The van der Waals surface area contributed by atoms with Crippen LogP contribution < -0.4 is 0 Å². The summed E-state index contributed by atoms with van der Waals surface area (Å²) >= 11 is 0. The summed E-state index contributed by atoms with van der Waals surface area (Å²) in [6, 6.07) is 34.0. The second-order valence-corrected chi connectivity index (χ2v) is 11.2. The molecule has 1 spiro atoms. The number of para-hydroxylation sites is 2. The fourth-order valence-corrected chi connectivity index (χ4v) is 7.81. The maximum absolute atomic E-state index is 2.55. The van der Waals surface area contributed by atoms with Crippen molar-refractivity contribution in [2.75, 3.05) is 0 Å². The number of hydrogen-bond acceptors (Lipinski definition) is 0. The molecule has 0 unspecified atom stereocenters. The Balaban J connectivity index is 1.23. The molecule has 1 heterocycles. The van der Waals surface area contributed by atoms with Crippen molar-refractivity contribution in [1.29, 1.82) is 0 Å². The van der Waals surface area contributed by atoms with E-state index in [2.05, 4.69) is 114 Å². The van der Waals surface area contributed by atoms with E-state index in [9.17, 15) is 0 Å². The second-order valence-electron chi connectivity index (χ2n) is 11.2.